The first-order valence-corrected chi connectivity index (χ1v) is 5.47. The largest absolute Gasteiger partial charge is 0.106 e. The summed E-state index contributed by atoms with van der Waals surface area (Å²) in [6.45, 7) is 8.16. The average molecular weight is 212 g/mol. The normalized spacial score (nSPS) is 7.81. The van der Waals surface area contributed by atoms with Crippen LogP contribution in [-0.2, 0) is 6.42 Å². The molecule has 0 heterocycles. The topological polar surface area (TPSA) is 0 Å². The first-order chi connectivity index (χ1) is 7.93. The van der Waals surface area contributed by atoms with Crippen LogP contribution in [-0.4, -0.2) is 0 Å². The van der Waals surface area contributed by atoms with Crippen LogP contribution in [0.2, 0.25) is 0 Å². The zero-order valence-corrected chi connectivity index (χ0v) is 9.97. The van der Waals surface area contributed by atoms with Crippen molar-refractivity contribution in [3.63, 3.8) is 0 Å². The first kappa shape index (κ1) is 14.2. The van der Waals surface area contributed by atoms with Gasteiger partial charge in [0.15, 0.2) is 0 Å². The van der Waals surface area contributed by atoms with Crippen LogP contribution in [0.3, 0.4) is 0 Å². The van der Waals surface area contributed by atoms with E-state index in [9.17, 15) is 0 Å². The lowest BCUT2D eigenvalue weighted by Crippen LogP contribution is -1.73. The van der Waals surface area contributed by atoms with E-state index in [0.29, 0.717) is 0 Å². The van der Waals surface area contributed by atoms with Gasteiger partial charge in [0, 0.05) is 0 Å². The van der Waals surface area contributed by atoms with Crippen molar-refractivity contribution >= 4 is 0 Å². The zero-order valence-electron chi connectivity index (χ0n) is 9.97. The molecular formula is C16H20. The van der Waals surface area contributed by atoms with Crippen molar-refractivity contribution in [3.8, 4) is 0 Å². The molecule has 0 atom stereocenters. The standard InChI is InChI=1S/C8H10.C6H6.C2H4/c1-2-8-6-4-3-5-7-8;1-2-4-6-5-3-1;1-2/h3-7H,2H2,1H3;1-6H;1-2H2. The SMILES string of the molecule is C=C.CCc1ccccc1.c1ccccc1. The van der Waals surface area contributed by atoms with E-state index in [2.05, 4.69) is 44.3 Å². The van der Waals surface area contributed by atoms with Crippen LogP contribution in [0.15, 0.2) is 79.9 Å². The monoisotopic (exact) mass is 212 g/mol. The van der Waals surface area contributed by atoms with Crippen LogP contribution in [0.25, 0.3) is 0 Å². The smallest absolute Gasteiger partial charge is 0.0307 e. The highest BCUT2D eigenvalue weighted by atomic mass is 13.9. The molecule has 0 aliphatic heterocycles. The Morgan fingerprint density at radius 2 is 1.00 bits per heavy atom. The van der Waals surface area contributed by atoms with E-state index in [1.165, 1.54) is 5.56 Å². The predicted molar refractivity (Wildman–Crippen MR) is 73.5 cm³/mol. The highest BCUT2D eigenvalue weighted by Crippen LogP contribution is 1.96. The number of rotatable bonds is 1. The van der Waals surface area contributed by atoms with Gasteiger partial charge in [-0.3, -0.25) is 0 Å². The summed E-state index contributed by atoms with van der Waals surface area (Å²) in [6.07, 6.45) is 1.14. The van der Waals surface area contributed by atoms with Gasteiger partial charge in [0.05, 0.1) is 0 Å². The van der Waals surface area contributed by atoms with Crippen molar-refractivity contribution in [2.24, 2.45) is 0 Å². The van der Waals surface area contributed by atoms with Gasteiger partial charge in [0.2, 0.25) is 0 Å². The Balaban J connectivity index is 0.000000251. The Labute approximate surface area is 99.3 Å². The fourth-order valence-electron chi connectivity index (χ4n) is 1.10. The minimum atomic E-state index is 1.14. The second-order valence-corrected chi connectivity index (χ2v) is 2.99. The maximum Gasteiger partial charge on any atom is -0.0307 e. The van der Waals surface area contributed by atoms with Crippen LogP contribution in [0.1, 0.15) is 12.5 Å². The Morgan fingerprint density at radius 3 is 1.25 bits per heavy atom. The molecule has 0 aromatic heterocycles. The number of hydrogen-bond donors (Lipinski definition) is 0. The first-order valence-electron chi connectivity index (χ1n) is 5.47. The molecule has 16 heavy (non-hydrogen) atoms. The molecule has 0 unspecified atom stereocenters. The fraction of sp³-hybridized carbons (Fsp3) is 0.125. The molecule has 0 radical (unpaired) electrons. The van der Waals surface area contributed by atoms with Gasteiger partial charge in [-0.15, -0.1) is 13.2 Å². The summed E-state index contributed by atoms with van der Waals surface area (Å²) in [5, 5.41) is 0. The maximum atomic E-state index is 3.00. The lowest BCUT2D eigenvalue weighted by atomic mass is 10.2. The van der Waals surface area contributed by atoms with Crippen LogP contribution in [0, 0.1) is 0 Å². The van der Waals surface area contributed by atoms with E-state index >= 15 is 0 Å². The molecule has 0 aliphatic rings. The molecular weight excluding hydrogens is 192 g/mol. The number of benzene rings is 2. The van der Waals surface area contributed by atoms with Gasteiger partial charge >= 0.3 is 0 Å². The maximum absolute atomic E-state index is 3.00. The predicted octanol–water partition coefficient (Wildman–Crippen LogP) is 4.74. The average Bonchev–Trinajstić information content (AvgIpc) is 2.44. The molecule has 0 heteroatoms. The molecule has 0 spiro atoms. The lowest BCUT2D eigenvalue weighted by Gasteiger charge is -1.89. The molecule has 0 nitrogen and oxygen atoms in total. The van der Waals surface area contributed by atoms with E-state index in [1.54, 1.807) is 0 Å². The van der Waals surface area contributed by atoms with Crippen LogP contribution in [0.5, 0.6) is 0 Å². The van der Waals surface area contributed by atoms with E-state index in [4.69, 9.17) is 0 Å². The third-order valence-corrected chi connectivity index (χ3v) is 1.92. The van der Waals surface area contributed by atoms with Crippen LogP contribution >= 0.6 is 0 Å². The van der Waals surface area contributed by atoms with Gasteiger partial charge in [-0.25, -0.2) is 0 Å². The molecule has 84 valence electrons. The quantitative estimate of drug-likeness (QED) is 0.599. The third-order valence-electron chi connectivity index (χ3n) is 1.92. The summed E-state index contributed by atoms with van der Waals surface area (Å²) in [5.74, 6) is 0. The molecule has 2 aromatic rings. The van der Waals surface area contributed by atoms with Crippen LogP contribution in [0.4, 0.5) is 0 Å². The van der Waals surface area contributed by atoms with Gasteiger partial charge in [0.1, 0.15) is 0 Å². The Kier molecular flexibility index (Phi) is 9.98. The van der Waals surface area contributed by atoms with Crippen molar-refractivity contribution in [2.45, 2.75) is 13.3 Å². The van der Waals surface area contributed by atoms with Gasteiger partial charge in [0.25, 0.3) is 0 Å². The Morgan fingerprint density at radius 1 is 0.688 bits per heavy atom. The molecule has 0 N–H and O–H groups in total. The molecule has 0 fully saturated rings. The highest BCUT2D eigenvalue weighted by Gasteiger charge is 1.79. The van der Waals surface area contributed by atoms with Crippen molar-refractivity contribution < 1.29 is 0 Å². The van der Waals surface area contributed by atoms with E-state index in [0.717, 1.165) is 6.42 Å². The highest BCUT2D eigenvalue weighted by molar-refractivity contribution is 5.13. The van der Waals surface area contributed by atoms with Gasteiger partial charge in [-0.05, 0) is 12.0 Å². The molecule has 0 aliphatic carbocycles. The van der Waals surface area contributed by atoms with Gasteiger partial charge in [-0.2, -0.15) is 0 Å². The van der Waals surface area contributed by atoms with Crippen molar-refractivity contribution in [1.29, 1.82) is 0 Å². The lowest BCUT2D eigenvalue weighted by molar-refractivity contribution is 1.14. The molecule has 2 rings (SSSR count). The minimum Gasteiger partial charge on any atom is -0.106 e. The van der Waals surface area contributed by atoms with Crippen molar-refractivity contribution in [1.82, 2.24) is 0 Å². The van der Waals surface area contributed by atoms with Crippen LogP contribution < -0.4 is 0 Å². The molecule has 0 amide bonds. The van der Waals surface area contributed by atoms with E-state index in [-0.39, 0.29) is 0 Å². The summed E-state index contributed by atoms with van der Waals surface area (Å²) in [7, 11) is 0. The summed E-state index contributed by atoms with van der Waals surface area (Å²) in [4.78, 5) is 0. The molecule has 0 bridgehead atoms. The Bertz CT molecular complexity index is 297. The molecule has 0 saturated heterocycles. The van der Waals surface area contributed by atoms with Gasteiger partial charge in [-0.1, -0.05) is 73.7 Å². The zero-order chi connectivity index (χ0) is 12.1. The molecule has 0 saturated carbocycles. The summed E-state index contributed by atoms with van der Waals surface area (Å²) in [5.41, 5.74) is 1.41. The minimum absolute atomic E-state index is 1.14. The number of hydrogen-bond acceptors (Lipinski definition) is 0. The Hall–Kier alpha value is -1.82. The summed E-state index contributed by atoms with van der Waals surface area (Å²) in [6, 6.07) is 22.5. The summed E-state index contributed by atoms with van der Waals surface area (Å²) < 4.78 is 0. The van der Waals surface area contributed by atoms with Crippen molar-refractivity contribution in [2.75, 3.05) is 0 Å². The van der Waals surface area contributed by atoms with E-state index < -0.39 is 0 Å². The fourth-order valence-corrected chi connectivity index (χ4v) is 1.10. The third kappa shape index (κ3) is 7.57. The second kappa shape index (κ2) is 11.3. The number of aryl methyl sites for hydroxylation is 1. The van der Waals surface area contributed by atoms with Crippen molar-refractivity contribution in [3.05, 3.63) is 85.5 Å². The van der Waals surface area contributed by atoms with E-state index in [1.807, 2.05) is 42.5 Å². The molecule has 2 aromatic carbocycles. The van der Waals surface area contributed by atoms with Gasteiger partial charge < -0.3 is 0 Å². The second-order valence-electron chi connectivity index (χ2n) is 2.99. The summed E-state index contributed by atoms with van der Waals surface area (Å²) >= 11 is 0.